The van der Waals surface area contributed by atoms with Crippen LogP contribution in [0.25, 0.3) is 0 Å². The summed E-state index contributed by atoms with van der Waals surface area (Å²) in [5.74, 6) is 0. The van der Waals surface area contributed by atoms with Crippen molar-refractivity contribution in [2.24, 2.45) is 0 Å². The number of thioether (sulfide) groups is 3. The molecule has 0 aliphatic rings. The molecule has 0 rings (SSSR count). The van der Waals surface area contributed by atoms with Crippen molar-refractivity contribution in [1.29, 1.82) is 0 Å². The van der Waals surface area contributed by atoms with Crippen LogP contribution in [-0.4, -0.2) is 33.6 Å². The van der Waals surface area contributed by atoms with E-state index < -0.39 is 0 Å². The maximum Gasteiger partial charge on any atom is 0.236 e. The van der Waals surface area contributed by atoms with E-state index in [1.54, 1.807) is 0 Å². The third-order valence-electron chi connectivity index (χ3n) is 1.26. The van der Waals surface area contributed by atoms with Gasteiger partial charge in [0.2, 0.25) is 6.54 Å². The number of hydrogen-bond donors (Lipinski definition) is 0. The Morgan fingerprint density at radius 2 is 1.64 bits per heavy atom. The highest BCUT2D eigenvalue weighted by Gasteiger charge is 2.32. The van der Waals surface area contributed by atoms with Gasteiger partial charge in [0, 0.05) is 4.92 Å². The van der Waals surface area contributed by atoms with Crippen LogP contribution < -0.4 is 0 Å². The van der Waals surface area contributed by atoms with Crippen molar-refractivity contribution >= 4 is 35.3 Å². The summed E-state index contributed by atoms with van der Waals surface area (Å²) >= 11 is 4.59. The second-order valence-corrected chi connectivity index (χ2v) is 5.88. The lowest BCUT2D eigenvalue weighted by molar-refractivity contribution is -0.477. The zero-order valence-corrected chi connectivity index (χ0v) is 9.15. The van der Waals surface area contributed by atoms with Gasteiger partial charge in [-0.2, -0.15) is 0 Å². The van der Waals surface area contributed by atoms with Crippen LogP contribution in [0.5, 0.6) is 0 Å². The summed E-state index contributed by atoms with van der Waals surface area (Å²) in [4.78, 5) is 10.00. The van der Waals surface area contributed by atoms with Gasteiger partial charge in [0.15, 0.2) is 3.41 Å². The van der Waals surface area contributed by atoms with Crippen molar-refractivity contribution in [2.45, 2.75) is 3.41 Å². The molecule has 0 aromatic carbocycles. The molecule has 0 unspecified atom stereocenters. The fraction of sp³-hybridized carbons (Fsp3) is 1.00. The quantitative estimate of drug-likeness (QED) is 0.397. The van der Waals surface area contributed by atoms with E-state index in [1.165, 1.54) is 35.3 Å². The maximum absolute atomic E-state index is 10.3. The van der Waals surface area contributed by atoms with Crippen molar-refractivity contribution in [3.05, 3.63) is 10.1 Å². The van der Waals surface area contributed by atoms with Gasteiger partial charge in [-0.15, -0.1) is 35.3 Å². The third kappa shape index (κ3) is 3.57. The standard InChI is InChI=1S/C5H11NO2S3/c1-9-5(10-2,11-3)4-6(7)8/h4H2,1-3H3. The van der Waals surface area contributed by atoms with Crippen LogP contribution in [0.1, 0.15) is 0 Å². The molecular formula is C5H11NO2S3. The molecule has 0 amide bonds. The summed E-state index contributed by atoms with van der Waals surface area (Å²) in [6.07, 6.45) is 5.70. The van der Waals surface area contributed by atoms with Crippen LogP contribution in [0.2, 0.25) is 0 Å². The Labute approximate surface area is 79.2 Å². The smallest absolute Gasteiger partial charge is 0.236 e. The maximum atomic E-state index is 10.3. The molecule has 0 radical (unpaired) electrons. The summed E-state index contributed by atoms with van der Waals surface area (Å²) in [7, 11) is 0. The van der Waals surface area contributed by atoms with E-state index in [4.69, 9.17) is 0 Å². The van der Waals surface area contributed by atoms with Gasteiger partial charge in [-0.05, 0) is 18.8 Å². The van der Waals surface area contributed by atoms with Gasteiger partial charge >= 0.3 is 0 Å². The van der Waals surface area contributed by atoms with Crippen molar-refractivity contribution in [3.63, 3.8) is 0 Å². The third-order valence-corrected chi connectivity index (χ3v) is 6.51. The lowest BCUT2D eigenvalue weighted by atomic mass is 10.8. The molecule has 0 aromatic heterocycles. The minimum Gasteiger partial charge on any atom is -0.264 e. The first-order chi connectivity index (χ1) is 5.10. The summed E-state index contributed by atoms with van der Waals surface area (Å²) in [6.45, 7) is 0.0104. The predicted octanol–water partition coefficient (Wildman–Crippen LogP) is 2.01. The van der Waals surface area contributed by atoms with E-state index >= 15 is 0 Å². The molecule has 0 saturated carbocycles. The van der Waals surface area contributed by atoms with Gasteiger partial charge in [0.1, 0.15) is 0 Å². The van der Waals surface area contributed by atoms with E-state index in [2.05, 4.69) is 0 Å². The van der Waals surface area contributed by atoms with Gasteiger partial charge < -0.3 is 0 Å². The Hall–Kier alpha value is 0.450. The molecule has 0 spiro atoms. The van der Waals surface area contributed by atoms with Crippen LogP contribution in [-0.2, 0) is 0 Å². The van der Waals surface area contributed by atoms with Gasteiger partial charge in [-0.25, -0.2) is 0 Å². The SMILES string of the molecule is CSC(C[N+](=O)[O-])(SC)SC. The Balaban J connectivity index is 4.16. The number of nitrogens with zero attached hydrogens (tertiary/aromatic N) is 1. The highest BCUT2D eigenvalue weighted by atomic mass is 32.3. The number of rotatable bonds is 5. The number of hydrogen-bond acceptors (Lipinski definition) is 5. The van der Waals surface area contributed by atoms with Gasteiger partial charge in [0.25, 0.3) is 0 Å². The molecule has 0 heterocycles. The van der Waals surface area contributed by atoms with Crippen LogP contribution in [0.3, 0.4) is 0 Å². The van der Waals surface area contributed by atoms with Crippen molar-refractivity contribution in [1.82, 2.24) is 0 Å². The molecule has 0 fully saturated rings. The van der Waals surface area contributed by atoms with E-state index in [0.717, 1.165) is 0 Å². The zero-order chi connectivity index (χ0) is 8.91. The second kappa shape index (κ2) is 5.16. The van der Waals surface area contributed by atoms with Gasteiger partial charge in [0.05, 0.1) is 0 Å². The Morgan fingerprint density at radius 3 is 1.73 bits per heavy atom. The highest BCUT2D eigenvalue weighted by Crippen LogP contribution is 2.42. The minimum absolute atomic E-state index is 0.0104. The van der Waals surface area contributed by atoms with Crippen molar-refractivity contribution in [2.75, 3.05) is 25.3 Å². The summed E-state index contributed by atoms with van der Waals surface area (Å²) in [5.41, 5.74) is 0. The largest absolute Gasteiger partial charge is 0.264 e. The molecule has 3 nitrogen and oxygen atoms in total. The molecule has 0 aromatic rings. The normalized spacial score (nSPS) is 11.5. The van der Waals surface area contributed by atoms with Gasteiger partial charge in [-0.3, -0.25) is 10.1 Å². The van der Waals surface area contributed by atoms with Gasteiger partial charge in [-0.1, -0.05) is 0 Å². The summed E-state index contributed by atoms with van der Waals surface area (Å²) < 4.78 is -0.302. The topological polar surface area (TPSA) is 43.1 Å². The fourth-order valence-electron chi connectivity index (χ4n) is 0.602. The van der Waals surface area contributed by atoms with Crippen LogP contribution >= 0.6 is 35.3 Å². The monoisotopic (exact) mass is 213 g/mol. The number of nitro groups is 1. The van der Waals surface area contributed by atoms with Crippen molar-refractivity contribution in [3.8, 4) is 0 Å². The Morgan fingerprint density at radius 1 is 1.27 bits per heavy atom. The first-order valence-electron chi connectivity index (χ1n) is 2.87. The molecule has 0 aliphatic heterocycles. The van der Waals surface area contributed by atoms with Crippen LogP contribution in [0.15, 0.2) is 0 Å². The highest BCUT2D eigenvalue weighted by molar-refractivity contribution is 8.33. The Kier molecular flexibility index (Phi) is 5.37. The molecule has 66 valence electrons. The van der Waals surface area contributed by atoms with Crippen LogP contribution in [0, 0.1) is 10.1 Å². The lowest BCUT2D eigenvalue weighted by Crippen LogP contribution is -2.25. The first kappa shape index (κ1) is 11.4. The molecule has 0 bridgehead atoms. The summed E-state index contributed by atoms with van der Waals surface area (Å²) in [5, 5.41) is 10.3. The molecule has 0 N–H and O–H groups in total. The molecule has 6 heteroatoms. The van der Waals surface area contributed by atoms with E-state index in [0.29, 0.717) is 0 Å². The predicted molar refractivity (Wildman–Crippen MR) is 55.1 cm³/mol. The second-order valence-electron chi connectivity index (χ2n) is 1.79. The van der Waals surface area contributed by atoms with Crippen molar-refractivity contribution < 1.29 is 4.92 Å². The summed E-state index contributed by atoms with van der Waals surface area (Å²) in [6, 6.07) is 0. The zero-order valence-electron chi connectivity index (χ0n) is 6.70. The fourth-order valence-corrected chi connectivity index (χ4v) is 3.31. The molecule has 11 heavy (non-hydrogen) atoms. The van der Waals surface area contributed by atoms with E-state index in [1.807, 2.05) is 18.8 Å². The van der Waals surface area contributed by atoms with E-state index in [9.17, 15) is 10.1 Å². The molecular weight excluding hydrogens is 202 g/mol. The molecule has 0 saturated heterocycles. The lowest BCUT2D eigenvalue weighted by Gasteiger charge is -2.22. The van der Waals surface area contributed by atoms with E-state index in [-0.39, 0.29) is 14.9 Å². The van der Waals surface area contributed by atoms with Crippen LogP contribution in [0.4, 0.5) is 0 Å². The first-order valence-corrected chi connectivity index (χ1v) is 6.55. The Bertz CT molecular complexity index is 129. The molecule has 0 aliphatic carbocycles. The molecule has 0 atom stereocenters. The average Bonchev–Trinajstić information content (AvgIpc) is 2.00. The average molecular weight is 213 g/mol. The minimum atomic E-state index is -0.302.